The van der Waals surface area contributed by atoms with Crippen LogP contribution in [0.3, 0.4) is 0 Å². The average molecular weight is 257 g/mol. The Morgan fingerprint density at radius 2 is 2.25 bits per heavy atom. The Kier molecular flexibility index (Phi) is 5.35. The molecule has 0 radical (unpaired) electrons. The van der Waals surface area contributed by atoms with Gasteiger partial charge in [0, 0.05) is 18.5 Å². The molecule has 1 amide bonds. The predicted molar refractivity (Wildman–Crippen MR) is 73.3 cm³/mol. The van der Waals surface area contributed by atoms with Gasteiger partial charge in [0.25, 0.3) is 0 Å². The fourth-order valence-corrected chi connectivity index (χ4v) is 2.25. The monoisotopic (exact) mass is 257 g/mol. The summed E-state index contributed by atoms with van der Waals surface area (Å²) in [6, 6.07) is 4.14. The molecule has 1 aromatic heterocycles. The molecule has 1 unspecified atom stereocenters. The summed E-state index contributed by atoms with van der Waals surface area (Å²) in [4.78, 5) is 15.0. The summed E-state index contributed by atoms with van der Waals surface area (Å²) < 4.78 is 0. The van der Waals surface area contributed by atoms with Crippen LogP contribution in [0.5, 0.6) is 0 Å². The topological polar surface area (TPSA) is 20.3 Å². The molecule has 1 aromatic rings. The van der Waals surface area contributed by atoms with E-state index in [9.17, 15) is 4.79 Å². The lowest BCUT2D eigenvalue weighted by molar-refractivity contribution is -0.129. The van der Waals surface area contributed by atoms with Crippen LogP contribution in [0, 0.1) is 5.92 Å². The van der Waals surface area contributed by atoms with Crippen LogP contribution in [0.4, 0.5) is 0 Å². The molecular formula is C12H19NOS2. The largest absolute Gasteiger partial charge is 0.344 e. The normalized spacial score (nSPS) is 12.8. The first-order valence-electron chi connectivity index (χ1n) is 5.47. The quantitative estimate of drug-likeness (QED) is 0.804. The summed E-state index contributed by atoms with van der Waals surface area (Å²) >= 11 is 6.07. The predicted octanol–water partition coefficient (Wildman–Crippen LogP) is 2.70. The molecule has 0 bridgehead atoms. The fraction of sp³-hybridized carbons (Fsp3) is 0.583. The van der Waals surface area contributed by atoms with E-state index in [4.69, 9.17) is 0 Å². The Morgan fingerprint density at radius 1 is 1.56 bits per heavy atom. The number of hydrogen-bond acceptors (Lipinski definition) is 3. The minimum absolute atomic E-state index is 0.120. The van der Waals surface area contributed by atoms with Gasteiger partial charge in [-0.15, -0.1) is 11.3 Å². The minimum atomic E-state index is -0.187. The second kappa shape index (κ2) is 6.30. The molecule has 0 aromatic carbocycles. The maximum absolute atomic E-state index is 11.9. The van der Waals surface area contributed by atoms with Crippen LogP contribution in [0.1, 0.15) is 18.7 Å². The van der Waals surface area contributed by atoms with Gasteiger partial charge in [0.2, 0.25) is 5.91 Å². The number of likely N-dealkylation sites (N-methyl/N-ethyl adjacent to an activating group) is 1. The van der Waals surface area contributed by atoms with Gasteiger partial charge in [-0.05, 0) is 23.8 Å². The molecule has 0 spiro atoms. The van der Waals surface area contributed by atoms with Crippen molar-refractivity contribution in [2.75, 3.05) is 13.6 Å². The van der Waals surface area contributed by atoms with Crippen LogP contribution in [0.25, 0.3) is 0 Å². The third kappa shape index (κ3) is 3.83. The van der Waals surface area contributed by atoms with E-state index in [-0.39, 0.29) is 17.1 Å². The molecule has 90 valence electrons. The fourth-order valence-electron chi connectivity index (χ4n) is 1.35. The van der Waals surface area contributed by atoms with Crippen LogP contribution >= 0.6 is 24.0 Å². The molecule has 0 N–H and O–H groups in total. The van der Waals surface area contributed by atoms with Gasteiger partial charge in [-0.3, -0.25) is 4.79 Å². The van der Waals surface area contributed by atoms with Crippen molar-refractivity contribution in [3.8, 4) is 0 Å². The SMILES string of the molecule is CC(C)C(S)C(=O)N(C)CCc1cccs1. The summed E-state index contributed by atoms with van der Waals surface area (Å²) in [5, 5.41) is 1.88. The van der Waals surface area contributed by atoms with Crippen LogP contribution in [0.2, 0.25) is 0 Å². The van der Waals surface area contributed by atoms with Crippen molar-refractivity contribution in [1.82, 2.24) is 4.90 Å². The van der Waals surface area contributed by atoms with E-state index in [0.717, 1.165) is 13.0 Å². The standard InChI is InChI=1S/C12H19NOS2/c1-9(2)11(15)12(14)13(3)7-6-10-5-4-8-16-10/h4-5,8-9,11,15H,6-7H2,1-3H3. The van der Waals surface area contributed by atoms with Gasteiger partial charge in [0.15, 0.2) is 0 Å². The minimum Gasteiger partial charge on any atom is -0.344 e. The maximum atomic E-state index is 11.9. The summed E-state index contributed by atoms with van der Waals surface area (Å²) in [6.45, 7) is 4.80. The molecule has 0 fully saturated rings. The molecule has 4 heteroatoms. The van der Waals surface area contributed by atoms with Gasteiger partial charge in [-0.1, -0.05) is 19.9 Å². The zero-order chi connectivity index (χ0) is 12.1. The van der Waals surface area contributed by atoms with Gasteiger partial charge in [0.05, 0.1) is 5.25 Å². The molecule has 0 aliphatic carbocycles. The van der Waals surface area contributed by atoms with Gasteiger partial charge < -0.3 is 4.90 Å². The van der Waals surface area contributed by atoms with Crippen LogP contribution in [-0.4, -0.2) is 29.6 Å². The number of amides is 1. The second-order valence-electron chi connectivity index (χ2n) is 4.28. The van der Waals surface area contributed by atoms with E-state index in [2.05, 4.69) is 24.1 Å². The van der Waals surface area contributed by atoms with E-state index < -0.39 is 0 Å². The molecule has 0 saturated carbocycles. The zero-order valence-electron chi connectivity index (χ0n) is 10.0. The van der Waals surface area contributed by atoms with Gasteiger partial charge >= 0.3 is 0 Å². The third-order valence-corrected chi connectivity index (χ3v) is 4.29. The van der Waals surface area contributed by atoms with Crippen molar-refractivity contribution >= 4 is 29.9 Å². The van der Waals surface area contributed by atoms with E-state index >= 15 is 0 Å². The van der Waals surface area contributed by atoms with Crippen molar-refractivity contribution in [3.63, 3.8) is 0 Å². The lowest BCUT2D eigenvalue weighted by atomic mass is 10.1. The number of carbonyl (C=O) groups excluding carboxylic acids is 1. The van der Waals surface area contributed by atoms with E-state index in [0.29, 0.717) is 0 Å². The van der Waals surface area contributed by atoms with Crippen molar-refractivity contribution in [2.45, 2.75) is 25.5 Å². The number of carbonyl (C=O) groups is 1. The zero-order valence-corrected chi connectivity index (χ0v) is 11.7. The first-order chi connectivity index (χ1) is 7.52. The number of thiol groups is 1. The third-order valence-electron chi connectivity index (χ3n) is 2.53. The van der Waals surface area contributed by atoms with E-state index in [1.54, 1.807) is 16.2 Å². The number of hydrogen-bond donors (Lipinski definition) is 1. The van der Waals surface area contributed by atoms with Gasteiger partial charge in [-0.2, -0.15) is 12.6 Å². The number of nitrogens with zero attached hydrogens (tertiary/aromatic N) is 1. The highest BCUT2D eigenvalue weighted by molar-refractivity contribution is 7.81. The Balaban J connectivity index is 2.40. The Hall–Kier alpha value is -0.480. The number of rotatable bonds is 5. The van der Waals surface area contributed by atoms with Crippen molar-refractivity contribution in [1.29, 1.82) is 0 Å². The molecule has 16 heavy (non-hydrogen) atoms. The molecule has 0 aliphatic heterocycles. The van der Waals surface area contributed by atoms with Gasteiger partial charge in [-0.25, -0.2) is 0 Å². The van der Waals surface area contributed by atoms with Crippen LogP contribution in [0.15, 0.2) is 17.5 Å². The Morgan fingerprint density at radius 3 is 2.75 bits per heavy atom. The lowest BCUT2D eigenvalue weighted by Gasteiger charge is -2.22. The lowest BCUT2D eigenvalue weighted by Crippen LogP contribution is -2.37. The molecular weight excluding hydrogens is 238 g/mol. The van der Waals surface area contributed by atoms with Crippen LogP contribution < -0.4 is 0 Å². The Labute approximate surface area is 107 Å². The summed E-state index contributed by atoms with van der Waals surface area (Å²) in [7, 11) is 1.85. The van der Waals surface area contributed by atoms with Crippen LogP contribution in [-0.2, 0) is 11.2 Å². The molecule has 1 atom stereocenters. The first-order valence-corrected chi connectivity index (χ1v) is 6.87. The molecule has 2 nitrogen and oxygen atoms in total. The molecule has 0 aliphatic rings. The van der Waals surface area contributed by atoms with Gasteiger partial charge in [0.1, 0.15) is 0 Å². The van der Waals surface area contributed by atoms with E-state index in [1.165, 1.54) is 4.88 Å². The summed E-state index contributed by atoms with van der Waals surface area (Å²) in [6.07, 6.45) is 0.929. The van der Waals surface area contributed by atoms with Crippen molar-refractivity contribution in [3.05, 3.63) is 22.4 Å². The van der Waals surface area contributed by atoms with Crippen molar-refractivity contribution in [2.24, 2.45) is 5.92 Å². The average Bonchev–Trinajstić information content (AvgIpc) is 2.76. The highest BCUT2D eigenvalue weighted by Gasteiger charge is 2.20. The summed E-state index contributed by atoms with van der Waals surface area (Å²) in [5.41, 5.74) is 0. The first kappa shape index (κ1) is 13.6. The summed E-state index contributed by atoms with van der Waals surface area (Å²) in [5.74, 6) is 0.398. The smallest absolute Gasteiger partial charge is 0.235 e. The Bertz CT molecular complexity index is 322. The highest BCUT2D eigenvalue weighted by atomic mass is 32.1. The molecule has 1 rings (SSSR count). The second-order valence-corrected chi connectivity index (χ2v) is 5.87. The molecule has 0 saturated heterocycles. The van der Waals surface area contributed by atoms with Crippen molar-refractivity contribution < 1.29 is 4.79 Å². The molecule has 1 heterocycles. The highest BCUT2D eigenvalue weighted by Crippen LogP contribution is 2.13. The maximum Gasteiger partial charge on any atom is 0.235 e. The number of thiophene rings is 1. The van der Waals surface area contributed by atoms with E-state index in [1.807, 2.05) is 27.0 Å².